The Kier molecular flexibility index (Phi) is 4.70. The van der Waals surface area contributed by atoms with Crippen LogP contribution < -0.4 is 8.92 Å². The van der Waals surface area contributed by atoms with Crippen LogP contribution >= 0.6 is 0 Å². The summed E-state index contributed by atoms with van der Waals surface area (Å²) in [4.78, 5) is 11.2. The van der Waals surface area contributed by atoms with E-state index in [-0.39, 0.29) is 27.7 Å². The maximum atomic E-state index is 13.1. The van der Waals surface area contributed by atoms with Crippen molar-refractivity contribution in [2.24, 2.45) is 0 Å². The van der Waals surface area contributed by atoms with Crippen LogP contribution in [0.5, 0.6) is 11.5 Å². The summed E-state index contributed by atoms with van der Waals surface area (Å²) in [6, 6.07) is 7.45. The van der Waals surface area contributed by atoms with Gasteiger partial charge in [-0.25, -0.2) is 4.39 Å². The second-order valence-electron chi connectivity index (χ2n) is 4.87. The highest BCUT2D eigenvalue weighted by Gasteiger charge is 2.22. The Balaban J connectivity index is 2.43. The number of Topliss-reactive ketones (excluding diaryl/α,β-unsaturated/α-hetero) is 1. The zero-order valence-electron chi connectivity index (χ0n) is 12.8. The molecule has 0 aromatic heterocycles. The molecule has 5 nitrogen and oxygen atoms in total. The predicted molar refractivity (Wildman–Crippen MR) is 81.9 cm³/mol. The van der Waals surface area contributed by atoms with Crippen LogP contribution in [0, 0.1) is 12.7 Å². The maximum Gasteiger partial charge on any atom is 0.339 e. The van der Waals surface area contributed by atoms with Crippen LogP contribution in [0.25, 0.3) is 0 Å². The fourth-order valence-corrected chi connectivity index (χ4v) is 3.16. The maximum absolute atomic E-state index is 13.1. The number of hydrogen-bond donors (Lipinski definition) is 0. The third kappa shape index (κ3) is 3.68. The van der Waals surface area contributed by atoms with Crippen LogP contribution in [-0.4, -0.2) is 21.3 Å². The lowest BCUT2D eigenvalue weighted by atomic mass is 10.1. The van der Waals surface area contributed by atoms with Gasteiger partial charge in [0.15, 0.2) is 17.3 Å². The third-order valence-corrected chi connectivity index (χ3v) is 4.57. The van der Waals surface area contributed by atoms with E-state index in [1.807, 2.05) is 0 Å². The highest BCUT2D eigenvalue weighted by atomic mass is 32.2. The van der Waals surface area contributed by atoms with Gasteiger partial charge in [-0.2, -0.15) is 8.42 Å². The Morgan fingerprint density at radius 2 is 1.78 bits per heavy atom. The molecule has 0 radical (unpaired) electrons. The number of methoxy groups -OCH3 is 1. The molecule has 23 heavy (non-hydrogen) atoms. The van der Waals surface area contributed by atoms with Crippen molar-refractivity contribution < 1.29 is 26.5 Å². The molecule has 0 bridgehead atoms. The first-order valence-corrected chi connectivity index (χ1v) is 8.05. The smallest absolute Gasteiger partial charge is 0.339 e. The normalized spacial score (nSPS) is 11.1. The average Bonchev–Trinajstić information content (AvgIpc) is 2.46. The number of halogens is 1. The van der Waals surface area contributed by atoms with Crippen molar-refractivity contribution in [1.29, 1.82) is 0 Å². The van der Waals surface area contributed by atoms with Gasteiger partial charge in [-0.1, -0.05) is 0 Å². The highest BCUT2D eigenvalue weighted by molar-refractivity contribution is 7.87. The molecule has 7 heteroatoms. The molecule has 0 spiro atoms. The number of benzene rings is 2. The summed E-state index contributed by atoms with van der Waals surface area (Å²) < 4.78 is 48.0. The van der Waals surface area contributed by atoms with Crippen LogP contribution in [0.2, 0.25) is 0 Å². The summed E-state index contributed by atoms with van der Waals surface area (Å²) in [5.41, 5.74) is 0.592. The summed E-state index contributed by atoms with van der Waals surface area (Å²) in [5.74, 6) is -0.667. The van der Waals surface area contributed by atoms with Gasteiger partial charge in [-0.05, 0) is 55.8 Å². The molecule has 0 aliphatic heterocycles. The van der Waals surface area contributed by atoms with Crippen molar-refractivity contribution in [3.05, 3.63) is 53.3 Å². The Hall–Kier alpha value is -2.41. The molecule has 2 aromatic rings. The molecular formula is C16H15FO5S. The van der Waals surface area contributed by atoms with E-state index < -0.39 is 15.9 Å². The molecule has 0 aliphatic carbocycles. The van der Waals surface area contributed by atoms with Crippen molar-refractivity contribution in [3.8, 4) is 11.5 Å². The quantitative estimate of drug-likeness (QED) is 0.619. The number of ether oxygens (including phenoxy) is 1. The summed E-state index contributed by atoms with van der Waals surface area (Å²) in [5, 5.41) is 0. The summed E-state index contributed by atoms with van der Waals surface area (Å²) in [7, 11) is -2.82. The van der Waals surface area contributed by atoms with Crippen molar-refractivity contribution in [2.45, 2.75) is 18.7 Å². The van der Waals surface area contributed by atoms with Crippen LogP contribution in [-0.2, 0) is 10.1 Å². The van der Waals surface area contributed by atoms with E-state index in [0.717, 1.165) is 18.2 Å². The molecule has 122 valence electrons. The van der Waals surface area contributed by atoms with E-state index in [1.54, 1.807) is 0 Å². The topological polar surface area (TPSA) is 69.7 Å². The molecule has 2 aromatic carbocycles. The van der Waals surface area contributed by atoms with Crippen molar-refractivity contribution in [1.82, 2.24) is 0 Å². The Labute approximate surface area is 133 Å². The minimum absolute atomic E-state index is 0.0544. The summed E-state index contributed by atoms with van der Waals surface area (Å²) in [6.45, 7) is 2.85. The Morgan fingerprint density at radius 1 is 1.09 bits per heavy atom. The van der Waals surface area contributed by atoms with Gasteiger partial charge >= 0.3 is 10.1 Å². The summed E-state index contributed by atoms with van der Waals surface area (Å²) in [6.07, 6.45) is 0. The number of carbonyl (C=O) groups excluding carboxylic acids is 1. The van der Waals surface area contributed by atoms with E-state index in [4.69, 9.17) is 8.92 Å². The van der Waals surface area contributed by atoms with Crippen LogP contribution in [0.1, 0.15) is 22.8 Å². The minimum atomic E-state index is -4.16. The molecule has 0 fully saturated rings. The standard InChI is InChI=1S/C16H15FO5S/c1-10-8-13(17)5-7-16(10)23(19,20)22-14-6-4-12(11(2)18)9-15(14)21-3/h4-9H,1-3H3. The van der Waals surface area contributed by atoms with Gasteiger partial charge < -0.3 is 8.92 Å². The van der Waals surface area contributed by atoms with Crippen molar-refractivity contribution >= 4 is 15.9 Å². The zero-order chi connectivity index (χ0) is 17.2. The van der Waals surface area contributed by atoms with Crippen LogP contribution in [0.15, 0.2) is 41.3 Å². The molecule has 0 unspecified atom stereocenters. The molecule has 0 heterocycles. The highest BCUT2D eigenvalue weighted by Crippen LogP contribution is 2.31. The lowest BCUT2D eigenvalue weighted by molar-refractivity contribution is 0.101. The first-order chi connectivity index (χ1) is 10.7. The van der Waals surface area contributed by atoms with Crippen LogP contribution in [0.4, 0.5) is 4.39 Å². The van der Waals surface area contributed by atoms with Crippen LogP contribution in [0.3, 0.4) is 0 Å². The van der Waals surface area contributed by atoms with E-state index in [2.05, 4.69) is 0 Å². The molecule has 2 rings (SSSR count). The number of aryl methyl sites for hydroxylation is 1. The molecule has 0 aliphatic rings. The second kappa shape index (κ2) is 6.37. The van der Waals surface area contributed by atoms with Gasteiger partial charge in [0.05, 0.1) is 7.11 Å². The lowest BCUT2D eigenvalue weighted by Crippen LogP contribution is -2.12. The molecule has 0 N–H and O–H groups in total. The first kappa shape index (κ1) is 17.0. The molecule has 0 saturated carbocycles. The Morgan fingerprint density at radius 3 is 2.35 bits per heavy atom. The van der Waals surface area contributed by atoms with Crippen molar-refractivity contribution in [2.75, 3.05) is 7.11 Å². The van der Waals surface area contributed by atoms with E-state index in [1.165, 1.54) is 39.2 Å². The largest absolute Gasteiger partial charge is 0.493 e. The van der Waals surface area contributed by atoms with E-state index in [0.29, 0.717) is 5.56 Å². The summed E-state index contributed by atoms with van der Waals surface area (Å²) >= 11 is 0. The van der Waals surface area contributed by atoms with E-state index in [9.17, 15) is 17.6 Å². The number of rotatable bonds is 5. The third-order valence-electron chi connectivity index (χ3n) is 3.18. The van der Waals surface area contributed by atoms with Gasteiger partial charge in [0.1, 0.15) is 10.7 Å². The molecule has 0 amide bonds. The molecular weight excluding hydrogens is 323 g/mol. The Bertz CT molecular complexity index is 859. The van der Waals surface area contributed by atoms with Crippen molar-refractivity contribution in [3.63, 3.8) is 0 Å². The zero-order valence-corrected chi connectivity index (χ0v) is 13.6. The van der Waals surface area contributed by atoms with Gasteiger partial charge in [-0.3, -0.25) is 4.79 Å². The van der Waals surface area contributed by atoms with E-state index >= 15 is 0 Å². The molecule has 0 saturated heterocycles. The second-order valence-corrected chi connectivity index (χ2v) is 6.38. The minimum Gasteiger partial charge on any atom is -0.493 e. The first-order valence-electron chi connectivity index (χ1n) is 6.64. The van der Waals surface area contributed by atoms with Gasteiger partial charge in [0, 0.05) is 5.56 Å². The predicted octanol–water partition coefficient (Wildman–Crippen LogP) is 3.11. The van der Waals surface area contributed by atoms with Gasteiger partial charge in [0.25, 0.3) is 0 Å². The monoisotopic (exact) mass is 338 g/mol. The SMILES string of the molecule is COc1cc(C(C)=O)ccc1OS(=O)(=O)c1ccc(F)cc1C. The fourth-order valence-electron chi connectivity index (χ4n) is 2.01. The number of carbonyl (C=O) groups is 1. The number of hydrogen-bond acceptors (Lipinski definition) is 5. The average molecular weight is 338 g/mol. The molecule has 0 atom stereocenters. The number of ketones is 1. The van der Waals surface area contributed by atoms with Gasteiger partial charge in [0.2, 0.25) is 0 Å². The van der Waals surface area contributed by atoms with Gasteiger partial charge in [-0.15, -0.1) is 0 Å². The fraction of sp³-hybridized carbons (Fsp3) is 0.188. The lowest BCUT2D eigenvalue weighted by Gasteiger charge is -2.12.